The highest BCUT2D eigenvalue weighted by Gasteiger charge is 2.42. The number of hydrogen-bond donors (Lipinski definition) is 1. The predicted molar refractivity (Wildman–Crippen MR) is 94.0 cm³/mol. The van der Waals surface area contributed by atoms with E-state index in [2.05, 4.69) is 6.07 Å². The molecule has 0 radical (unpaired) electrons. The minimum Gasteiger partial charge on any atom is -0.488 e. The van der Waals surface area contributed by atoms with Gasteiger partial charge in [0.1, 0.15) is 23.5 Å². The number of carboxylic acids is 1. The summed E-state index contributed by atoms with van der Waals surface area (Å²) in [5, 5.41) is 9.45. The third-order valence-electron chi connectivity index (χ3n) is 4.23. The number of aliphatic carboxylic acids is 1. The summed E-state index contributed by atoms with van der Waals surface area (Å²) in [5.41, 5.74) is 2.54. The Hall–Kier alpha value is -2.24. The van der Waals surface area contributed by atoms with Crippen LogP contribution < -0.4 is 4.74 Å². The number of hydrogen-bond acceptors (Lipinski definition) is 4. The van der Waals surface area contributed by atoms with E-state index in [0.717, 1.165) is 22.4 Å². The van der Waals surface area contributed by atoms with Gasteiger partial charge in [0, 0.05) is 6.42 Å². The summed E-state index contributed by atoms with van der Waals surface area (Å²) >= 11 is 0. The molecule has 25 heavy (non-hydrogen) atoms. The molecular weight excluding hydrogens is 322 g/mol. The molecule has 1 aliphatic rings. The standard InChI is InChI=1S/C19H27NO5/c1-11-7-12(2)13(3)16(8-11)24-14-9-15(17(21)22)20(10-14)18(23)25-19(4,5)6/h7-8,14-15H,9-10H2,1-6H3,(H,21,22). The summed E-state index contributed by atoms with van der Waals surface area (Å²) in [6, 6.07) is 3.07. The molecule has 1 aromatic rings. The number of carbonyl (C=O) groups is 2. The number of rotatable bonds is 3. The maximum absolute atomic E-state index is 12.3. The zero-order valence-electron chi connectivity index (χ0n) is 15.8. The lowest BCUT2D eigenvalue weighted by atomic mass is 10.1. The first-order valence-electron chi connectivity index (χ1n) is 8.45. The zero-order chi connectivity index (χ0) is 18.9. The van der Waals surface area contributed by atoms with E-state index < -0.39 is 23.7 Å². The number of nitrogens with zero attached hydrogens (tertiary/aromatic N) is 1. The third-order valence-corrected chi connectivity index (χ3v) is 4.23. The Labute approximate surface area is 148 Å². The van der Waals surface area contributed by atoms with E-state index in [-0.39, 0.29) is 19.1 Å². The van der Waals surface area contributed by atoms with E-state index >= 15 is 0 Å². The Morgan fingerprint density at radius 1 is 1.20 bits per heavy atom. The van der Waals surface area contributed by atoms with Crippen LogP contribution in [0.4, 0.5) is 4.79 Å². The monoisotopic (exact) mass is 349 g/mol. The van der Waals surface area contributed by atoms with Gasteiger partial charge in [-0.25, -0.2) is 9.59 Å². The normalized spacial score (nSPS) is 20.5. The fraction of sp³-hybridized carbons (Fsp3) is 0.579. The number of likely N-dealkylation sites (tertiary alicyclic amines) is 1. The van der Waals surface area contributed by atoms with Crippen LogP contribution >= 0.6 is 0 Å². The summed E-state index contributed by atoms with van der Waals surface area (Å²) in [5.74, 6) is -0.313. The summed E-state index contributed by atoms with van der Waals surface area (Å²) in [6.07, 6.45) is -0.766. The Bertz CT molecular complexity index is 677. The molecule has 2 atom stereocenters. The highest BCUT2D eigenvalue weighted by atomic mass is 16.6. The molecule has 0 aromatic heterocycles. The number of amides is 1. The average molecular weight is 349 g/mol. The minimum atomic E-state index is -1.05. The van der Waals surface area contributed by atoms with E-state index in [1.165, 1.54) is 4.90 Å². The molecule has 1 N–H and O–H groups in total. The lowest BCUT2D eigenvalue weighted by Crippen LogP contribution is -2.43. The first-order valence-corrected chi connectivity index (χ1v) is 8.45. The predicted octanol–water partition coefficient (Wildman–Crippen LogP) is 3.45. The summed E-state index contributed by atoms with van der Waals surface area (Å²) in [7, 11) is 0. The van der Waals surface area contributed by atoms with Gasteiger partial charge in [0.15, 0.2) is 0 Å². The molecule has 6 heteroatoms. The summed E-state index contributed by atoms with van der Waals surface area (Å²) in [4.78, 5) is 25.1. The molecule has 0 spiro atoms. The van der Waals surface area contributed by atoms with Gasteiger partial charge in [-0.05, 0) is 64.3 Å². The highest BCUT2D eigenvalue weighted by Crippen LogP contribution is 2.29. The minimum absolute atomic E-state index is 0.193. The average Bonchev–Trinajstić information content (AvgIpc) is 2.86. The number of ether oxygens (including phenoxy) is 2. The van der Waals surface area contributed by atoms with Crippen LogP contribution in [0.2, 0.25) is 0 Å². The highest BCUT2D eigenvalue weighted by molar-refractivity contribution is 5.81. The van der Waals surface area contributed by atoms with Crippen molar-refractivity contribution >= 4 is 12.1 Å². The molecule has 0 saturated carbocycles. The Kier molecular flexibility index (Phi) is 5.30. The molecule has 6 nitrogen and oxygen atoms in total. The van der Waals surface area contributed by atoms with Gasteiger partial charge in [-0.15, -0.1) is 0 Å². The topological polar surface area (TPSA) is 76.1 Å². The smallest absolute Gasteiger partial charge is 0.411 e. The van der Waals surface area contributed by atoms with E-state index in [1.807, 2.05) is 26.8 Å². The fourth-order valence-corrected chi connectivity index (χ4v) is 2.94. The largest absolute Gasteiger partial charge is 0.488 e. The van der Waals surface area contributed by atoms with Crippen molar-refractivity contribution in [3.63, 3.8) is 0 Å². The molecule has 1 saturated heterocycles. The Morgan fingerprint density at radius 3 is 2.40 bits per heavy atom. The van der Waals surface area contributed by atoms with Crippen LogP contribution in [0.3, 0.4) is 0 Å². The van der Waals surface area contributed by atoms with Crippen molar-refractivity contribution in [1.82, 2.24) is 4.90 Å². The van der Waals surface area contributed by atoms with Crippen molar-refractivity contribution in [3.05, 3.63) is 28.8 Å². The lowest BCUT2D eigenvalue weighted by Gasteiger charge is -2.26. The maximum atomic E-state index is 12.3. The van der Waals surface area contributed by atoms with Gasteiger partial charge in [0.05, 0.1) is 6.54 Å². The maximum Gasteiger partial charge on any atom is 0.411 e. The van der Waals surface area contributed by atoms with Crippen LogP contribution in [0, 0.1) is 20.8 Å². The number of carbonyl (C=O) groups excluding carboxylic acids is 1. The lowest BCUT2D eigenvalue weighted by molar-refractivity contribution is -0.142. The van der Waals surface area contributed by atoms with Gasteiger partial charge in [-0.2, -0.15) is 0 Å². The van der Waals surface area contributed by atoms with Crippen molar-refractivity contribution in [1.29, 1.82) is 0 Å². The fourth-order valence-electron chi connectivity index (χ4n) is 2.94. The molecule has 1 heterocycles. The SMILES string of the molecule is Cc1cc(C)c(C)c(OC2CC(C(=O)O)N(C(=O)OC(C)(C)C)C2)c1. The molecule has 2 rings (SSSR count). The van der Waals surface area contributed by atoms with E-state index in [1.54, 1.807) is 20.8 Å². The summed E-state index contributed by atoms with van der Waals surface area (Å²) in [6.45, 7) is 11.4. The van der Waals surface area contributed by atoms with Crippen molar-refractivity contribution in [2.45, 2.75) is 65.7 Å². The Balaban J connectivity index is 2.17. The number of benzene rings is 1. The van der Waals surface area contributed by atoms with Crippen LogP contribution in [0.1, 0.15) is 43.9 Å². The van der Waals surface area contributed by atoms with Crippen molar-refractivity contribution < 1.29 is 24.2 Å². The number of carboxylic acid groups (broad SMARTS) is 1. The van der Waals surface area contributed by atoms with Crippen molar-refractivity contribution in [3.8, 4) is 5.75 Å². The Morgan fingerprint density at radius 2 is 1.84 bits per heavy atom. The molecule has 1 aliphatic heterocycles. The molecular formula is C19H27NO5. The second-order valence-electron chi connectivity index (χ2n) is 7.67. The molecule has 1 amide bonds. The third kappa shape index (κ3) is 4.65. The number of aryl methyl sites for hydroxylation is 2. The molecule has 138 valence electrons. The zero-order valence-corrected chi connectivity index (χ0v) is 15.8. The van der Waals surface area contributed by atoms with Gasteiger partial charge < -0.3 is 14.6 Å². The van der Waals surface area contributed by atoms with Gasteiger partial charge >= 0.3 is 12.1 Å². The molecule has 1 aromatic carbocycles. The van der Waals surface area contributed by atoms with Crippen molar-refractivity contribution in [2.75, 3.05) is 6.54 Å². The van der Waals surface area contributed by atoms with Crippen LogP contribution in [-0.2, 0) is 9.53 Å². The van der Waals surface area contributed by atoms with Gasteiger partial charge in [0.2, 0.25) is 0 Å². The van der Waals surface area contributed by atoms with Gasteiger partial charge in [-0.1, -0.05) is 6.07 Å². The molecule has 1 fully saturated rings. The van der Waals surface area contributed by atoms with E-state index in [9.17, 15) is 14.7 Å². The quantitative estimate of drug-likeness (QED) is 0.904. The first kappa shape index (κ1) is 19.1. The first-order chi connectivity index (χ1) is 11.5. The van der Waals surface area contributed by atoms with Crippen molar-refractivity contribution in [2.24, 2.45) is 0 Å². The molecule has 2 unspecified atom stereocenters. The van der Waals surface area contributed by atoms with Gasteiger partial charge in [0.25, 0.3) is 0 Å². The van der Waals surface area contributed by atoms with E-state index in [4.69, 9.17) is 9.47 Å². The van der Waals surface area contributed by atoms with Crippen LogP contribution in [0.5, 0.6) is 5.75 Å². The second kappa shape index (κ2) is 6.94. The van der Waals surface area contributed by atoms with Crippen LogP contribution in [0.25, 0.3) is 0 Å². The second-order valence-corrected chi connectivity index (χ2v) is 7.67. The van der Waals surface area contributed by atoms with Crippen LogP contribution in [-0.4, -0.2) is 46.4 Å². The van der Waals surface area contributed by atoms with E-state index in [0.29, 0.717) is 0 Å². The molecule has 0 aliphatic carbocycles. The van der Waals surface area contributed by atoms with Crippen LogP contribution in [0.15, 0.2) is 12.1 Å². The van der Waals surface area contributed by atoms with Gasteiger partial charge in [-0.3, -0.25) is 4.90 Å². The summed E-state index contributed by atoms with van der Waals surface area (Å²) < 4.78 is 11.4. The molecule has 0 bridgehead atoms.